The summed E-state index contributed by atoms with van der Waals surface area (Å²) in [6.07, 6.45) is 0. The Morgan fingerprint density at radius 3 is 2.80 bits per heavy atom. The van der Waals surface area contributed by atoms with E-state index in [9.17, 15) is 4.79 Å². The highest BCUT2D eigenvalue weighted by atomic mass is 32.1. The minimum absolute atomic E-state index is 0.293. The van der Waals surface area contributed by atoms with Crippen molar-refractivity contribution in [2.45, 2.75) is 20.4 Å². The van der Waals surface area contributed by atoms with Gasteiger partial charge in [-0.15, -0.1) is 11.3 Å². The van der Waals surface area contributed by atoms with Crippen molar-refractivity contribution in [1.82, 2.24) is 9.55 Å². The molecule has 102 valence electrons. The van der Waals surface area contributed by atoms with Crippen LogP contribution in [0, 0.1) is 13.8 Å². The summed E-state index contributed by atoms with van der Waals surface area (Å²) < 4.78 is 2.07. The Hall–Kier alpha value is -2.14. The molecule has 0 fully saturated rings. The lowest BCUT2D eigenvalue weighted by atomic mass is 10.2. The lowest BCUT2D eigenvalue weighted by Gasteiger charge is -2.06. The minimum atomic E-state index is -0.912. The molecule has 0 atom stereocenters. The van der Waals surface area contributed by atoms with Gasteiger partial charge in [0.25, 0.3) is 0 Å². The van der Waals surface area contributed by atoms with Crippen LogP contribution < -0.4 is 0 Å². The van der Waals surface area contributed by atoms with Crippen molar-refractivity contribution in [3.05, 3.63) is 51.5 Å². The van der Waals surface area contributed by atoms with E-state index in [1.54, 1.807) is 29.5 Å². The Balaban J connectivity index is 2.13. The lowest BCUT2D eigenvalue weighted by Crippen LogP contribution is -2.02. The average molecular weight is 286 g/mol. The van der Waals surface area contributed by atoms with Crippen molar-refractivity contribution < 1.29 is 9.90 Å². The molecule has 0 unspecified atom stereocenters. The molecule has 0 aliphatic rings. The van der Waals surface area contributed by atoms with Gasteiger partial charge in [0.15, 0.2) is 0 Å². The van der Waals surface area contributed by atoms with Crippen LogP contribution in [-0.2, 0) is 6.54 Å². The molecule has 0 saturated heterocycles. The van der Waals surface area contributed by atoms with Crippen LogP contribution in [0.15, 0.2) is 29.6 Å². The number of hydrogen-bond acceptors (Lipinski definition) is 3. The van der Waals surface area contributed by atoms with E-state index in [1.165, 1.54) is 10.4 Å². The van der Waals surface area contributed by atoms with E-state index < -0.39 is 5.97 Å². The van der Waals surface area contributed by atoms with Gasteiger partial charge in [-0.05, 0) is 49.1 Å². The Labute approximate surface area is 120 Å². The lowest BCUT2D eigenvalue weighted by molar-refractivity contribution is 0.0697. The standard InChI is InChI=1S/C15H14N2O2S/c1-9-5-6-20-14(9)8-17-10(2)16-12-4-3-11(15(18)19)7-13(12)17/h3-7H,8H2,1-2H3,(H,18,19). The maximum absolute atomic E-state index is 11.1. The molecular formula is C15H14N2O2S. The Kier molecular flexibility index (Phi) is 3.06. The topological polar surface area (TPSA) is 55.1 Å². The average Bonchev–Trinajstić information content (AvgIpc) is 2.94. The Morgan fingerprint density at radius 1 is 1.35 bits per heavy atom. The largest absolute Gasteiger partial charge is 0.478 e. The number of fused-ring (bicyclic) bond motifs is 1. The van der Waals surface area contributed by atoms with Crippen LogP contribution >= 0.6 is 11.3 Å². The quantitative estimate of drug-likeness (QED) is 0.802. The number of nitrogens with zero attached hydrogens (tertiary/aromatic N) is 2. The molecule has 5 heteroatoms. The second kappa shape index (κ2) is 4.76. The maximum atomic E-state index is 11.1. The first-order valence-corrected chi connectivity index (χ1v) is 7.17. The van der Waals surface area contributed by atoms with Gasteiger partial charge < -0.3 is 9.67 Å². The van der Waals surface area contributed by atoms with E-state index in [2.05, 4.69) is 27.9 Å². The molecular weight excluding hydrogens is 272 g/mol. The number of carboxylic acid groups (broad SMARTS) is 1. The molecule has 2 aromatic heterocycles. The highest BCUT2D eigenvalue weighted by Crippen LogP contribution is 2.23. The Morgan fingerprint density at radius 2 is 2.15 bits per heavy atom. The van der Waals surface area contributed by atoms with Crippen LogP contribution in [0.4, 0.5) is 0 Å². The molecule has 1 N–H and O–H groups in total. The molecule has 0 aliphatic heterocycles. The predicted octanol–water partition coefficient (Wildman–Crippen LogP) is 3.46. The number of aromatic nitrogens is 2. The molecule has 3 rings (SSSR count). The Bertz CT molecular complexity index is 801. The first kappa shape index (κ1) is 12.9. The first-order valence-electron chi connectivity index (χ1n) is 6.29. The van der Waals surface area contributed by atoms with Gasteiger partial charge >= 0.3 is 5.97 Å². The number of aryl methyl sites for hydroxylation is 2. The number of hydrogen-bond donors (Lipinski definition) is 1. The second-order valence-corrected chi connectivity index (χ2v) is 5.78. The highest BCUT2D eigenvalue weighted by Gasteiger charge is 2.12. The molecule has 0 spiro atoms. The van der Waals surface area contributed by atoms with Crippen molar-refractivity contribution >= 4 is 28.3 Å². The van der Waals surface area contributed by atoms with E-state index in [0.717, 1.165) is 23.4 Å². The first-order chi connectivity index (χ1) is 9.56. The van der Waals surface area contributed by atoms with Gasteiger partial charge in [0.2, 0.25) is 0 Å². The third-order valence-corrected chi connectivity index (χ3v) is 4.46. The summed E-state index contributed by atoms with van der Waals surface area (Å²) in [5.41, 5.74) is 3.25. The van der Waals surface area contributed by atoms with Crippen molar-refractivity contribution in [3.8, 4) is 0 Å². The van der Waals surface area contributed by atoms with Crippen molar-refractivity contribution in [2.24, 2.45) is 0 Å². The molecule has 4 nitrogen and oxygen atoms in total. The van der Waals surface area contributed by atoms with Gasteiger partial charge in [0.1, 0.15) is 5.82 Å². The zero-order valence-corrected chi connectivity index (χ0v) is 12.1. The number of rotatable bonds is 3. The summed E-state index contributed by atoms with van der Waals surface area (Å²) in [5.74, 6) is -0.0139. The van der Waals surface area contributed by atoms with Gasteiger partial charge in [-0.2, -0.15) is 0 Å². The molecule has 1 aromatic carbocycles. The second-order valence-electron chi connectivity index (χ2n) is 4.78. The number of benzene rings is 1. The highest BCUT2D eigenvalue weighted by molar-refractivity contribution is 7.10. The van der Waals surface area contributed by atoms with E-state index in [0.29, 0.717) is 5.56 Å². The van der Waals surface area contributed by atoms with E-state index in [-0.39, 0.29) is 0 Å². The number of carbonyl (C=O) groups is 1. The number of thiophene rings is 1. The van der Waals surface area contributed by atoms with E-state index in [1.807, 2.05) is 6.92 Å². The normalized spacial score (nSPS) is 11.1. The van der Waals surface area contributed by atoms with Gasteiger partial charge in [-0.3, -0.25) is 0 Å². The fraction of sp³-hybridized carbons (Fsp3) is 0.200. The zero-order valence-electron chi connectivity index (χ0n) is 11.3. The summed E-state index contributed by atoms with van der Waals surface area (Å²) >= 11 is 1.71. The molecule has 20 heavy (non-hydrogen) atoms. The summed E-state index contributed by atoms with van der Waals surface area (Å²) in [7, 11) is 0. The SMILES string of the molecule is Cc1ccsc1Cn1c(C)nc2ccc(C(=O)O)cc21. The summed E-state index contributed by atoms with van der Waals surface area (Å²) in [6.45, 7) is 4.77. The van der Waals surface area contributed by atoms with Crippen LogP contribution in [0.1, 0.15) is 26.6 Å². The summed E-state index contributed by atoms with van der Waals surface area (Å²) in [5, 5.41) is 11.2. The van der Waals surface area contributed by atoms with Crippen molar-refractivity contribution in [3.63, 3.8) is 0 Å². The molecule has 0 saturated carbocycles. The molecule has 0 bridgehead atoms. The molecule has 0 amide bonds. The molecule has 0 aliphatic carbocycles. The van der Waals surface area contributed by atoms with Crippen LogP contribution in [0.2, 0.25) is 0 Å². The van der Waals surface area contributed by atoms with E-state index in [4.69, 9.17) is 5.11 Å². The smallest absolute Gasteiger partial charge is 0.335 e. The summed E-state index contributed by atoms with van der Waals surface area (Å²) in [4.78, 5) is 16.9. The third-order valence-electron chi connectivity index (χ3n) is 3.46. The van der Waals surface area contributed by atoms with Gasteiger partial charge in [0.05, 0.1) is 23.1 Å². The molecule has 3 aromatic rings. The minimum Gasteiger partial charge on any atom is -0.478 e. The van der Waals surface area contributed by atoms with Crippen LogP contribution in [0.25, 0.3) is 11.0 Å². The third kappa shape index (κ3) is 2.10. The monoisotopic (exact) mass is 286 g/mol. The van der Waals surface area contributed by atoms with Crippen LogP contribution in [0.5, 0.6) is 0 Å². The fourth-order valence-corrected chi connectivity index (χ4v) is 3.18. The maximum Gasteiger partial charge on any atom is 0.335 e. The van der Waals surface area contributed by atoms with Gasteiger partial charge in [0, 0.05) is 4.88 Å². The molecule has 2 heterocycles. The number of carboxylic acids is 1. The fourth-order valence-electron chi connectivity index (χ4n) is 2.29. The molecule has 0 radical (unpaired) electrons. The van der Waals surface area contributed by atoms with Gasteiger partial charge in [-0.25, -0.2) is 9.78 Å². The van der Waals surface area contributed by atoms with Crippen LogP contribution in [0.3, 0.4) is 0 Å². The zero-order chi connectivity index (χ0) is 14.3. The number of aromatic carboxylic acids is 1. The van der Waals surface area contributed by atoms with Gasteiger partial charge in [-0.1, -0.05) is 0 Å². The summed E-state index contributed by atoms with van der Waals surface area (Å²) in [6, 6.07) is 7.15. The van der Waals surface area contributed by atoms with Crippen LogP contribution in [-0.4, -0.2) is 20.6 Å². The van der Waals surface area contributed by atoms with Crippen molar-refractivity contribution in [2.75, 3.05) is 0 Å². The predicted molar refractivity (Wildman–Crippen MR) is 79.6 cm³/mol. The number of imidazole rings is 1. The van der Waals surface area contributed by atoms with Crippen molar-refractivity contribution in [1.29, 1.82) is 0 Å². The van der Waals surface area contributed by atoms with E-state index >= 15 is 0 Å².